The molecule has 0 spiro atoms. The highest BCUT2D eigenvalue weighted by Crippen LogP contribution is 2.33. The van der Waals surface area contributed by atoms with Crippen molar-refractivity contribution in [3.8, 4) is 17.0 Å². The van der Waals surface area contributed by atoms with E-state index in [1.165, 1.54) is 11.1 Å². The summed E-state index contributed by atoms with van der Waals surface area (Å²) in [6, 6.07) is 2.12. The number of aryl methyl sites for hydroxylation is 1. The van der Waals surface area contributed by atoms with Crippen LogP contribution in [-0.4, -0.2) is 17.1 Å². The maximum absolute atomic E-state index is 5.41. The number of nitrogens with one attached hydrogen (secondary N) is 2. The van der Waals surface area contributed by atoms with Gasteiger partial charge in [0.15, 0.2) is 4.77 Å². The van der Waals surface area contributed by atoms with Crippen molar-refractivity contribution in [2.45, 2.75) is 20.8 Å². The van der Waals surface area contributed by atoms with Gasteiger partial charge < -0.3 is 14.7 Å². The number of rotatable bonds is 2. The van der Waals surface area contributed by atoms with Crippen LogP contribution in [0, 0.1) is 25.5 Å². The summed E-state index contributed by atoms with van der Waals surface area (Å²) in [4.78, 5) is 6.13. The van der Waals surface area contributed by atoms with Crippen molar-refractivity contribution in [1.82, 2.24) is 9.97 Å². The molecular weight excluding hydrogens is 232 g/mol. The molecular formula is C13H16N2OS. The van der Waals surface area contributed by atoms with Gasteiger partial charge in [-0.05, 0) is 55.7 Å². The Kier molecular flexibility index (Phi) is 3.07. The number of imidazole rings is 1. The molecule has 0 atom stereocenters. The normalized spacial score (nSPS) is 10.6. The molecule has 2 aromatic rings. The van der Waals surface area contributed by atoms with Crippen LogP contribution < -0.4 is 4.74 Å². The molecule has 2 rings (SSSR count). The Labute approximate surface area is 106 Å². The van der Waals surface area contributed by atoms with Gasteiger partial charge in [-0.3, -0.25) is 0 Å². The molecule has 0 saturated carbocycles. The van der Waals surface area contributed by atoms with Crippen LogP contribution in [0.1, 0.15) is 16.7 Å². The van der Waals surface area contributed by atoms with Gasteiger partial charge >= 0.3 is 0 Å². The molecule has 90 valence electrons. The Morgan fingerprint density at radius 2 is 1.88 bits per heavy atom. The minimum Gasteiger partial charge on any atom is -0.496 e. The second-order valence-corrected chi connectivity index (χ2v) is 4.59. The number of methoxy groups -OCH3 is 1. The number of benzene rings is 1. The molecule has 0 amide bonds. The average Bonchev–Trinajstić information content (AvgIpc) is 2.71. The Morgan fingerprint density at radius 3 is 2.41 bits per heavy atom. The number of aromatic nitrogens is 2. The molecule has 4 heteroatoms. The third kappa shape index (κ3) is 2.00. The van der Waals surface area contributed by atoms with E-state index in [9.17, 15) is 0 Å². The highest BCUT2D eigenvalue weighted by Gasteiger charge is 2.12. The van der Waals surface area contributed by atoms with E-state index >= 15 is 0 Å². The van der Waals surface area contributed by atoms with Crippen LogP contribution in [0.25, 0.3) is 11.3 Å². The lowest BCUT2D eigenvalue weighted by Crippen LogP contribution is -1.96. The van der Waals surface area contributed by atoms with Gasteiger partial charge in [-0.25, -0.2) is 0 Å². The first-order chi connectivity index (χ1) is 8.04. The predicted molar refractivity (Wildman–Crippen MR) is 72.2 cm³/mol. The van der Waals surface area contributed by atoms with E-state index in [1.54, 1.807) is 7.11 Å². The van der Waals surface area contributed by atoms with Gasteiger partial charge in [-0.15, -0.1) is 0 Å². The van der Waals surface area contributed by atoms with Gasteiger partial charge in [0.25, 0.3) is 0 Å². The fourth-order valence-corrected chi connectivity index (χ4v) is 2.30. The minimum absolute atomic E-state index is 0.644. The Bertz CT molecular complexity index is 610. The molecule has 2 N–H and O–H groups in total. The maximum Gasteiger partial charge on any atom is 0.174 e. The maximum atomic E-state index is 5.41. The number of hydrogen-bond acceptors (Lipinski definition) is 2. The van der Waals surface area contributed by atoms with E-state index in [0.717, 1.165) is 22.6 Å². The second kappa shape index (κ2) is 4.37. The first-order valence-electron chi connectivity index (χ1n) is 5.47. The fourth-order valence-electron chi connectivity index (χ4n) is 2.13. The van der Waals surface area contributed by atoms with Crippen molar-refractivity contribution in [2.75, 3.05) is 7.11 Å². The molecule has 0 fully saturated rings. The highest BCUT2D eigenvalue weighted by atomic mass is 32.1. The molecule has 1 aromatic carbocycles. The molecule has 0 aliphatic carbocycles. The van der Waals surface area contributed by atoms with Crippen molar-refractivity contribution in [3.05, 3.63) is 33.7 Å². The molecule has 0 radical (unpaired) electrons. The quantitative estimate of drug-likeness (QED) is 0.796. The van der Waals surface area contributed by atoms with Crippen LogP contribution in [-0.2, 0) is 0 Å². The molecule has 17 heavy (non-hydrogen) atoms. The number of ether oxygens (including phenoxy) is 1. The molecule has 0 aliphatic heterocycles. The molecule has 1 aromatic heterocycles. The summed E-state index contributed by atoms with van der Waals surface area (Å²) < 4.78 is 6.06. The predicted octanol–water partition coefficient (Wildman–Crippen LogP) is 3.67. The Morgan fingerprint density at radius 1 is 1.18 bits per heavy atom. The molecule has 1 heterocycles. The van der Waals surface area contributed by atoms with Gasteiger partial charge in [-0.1, -0.05) is 0 Å². The lowest BCUT2D eigenvalue weighted by atomic mass is 9.97. The second-order valence-electron chi connectivity index (χ2n) is 4.18. The largest absolute Gasteiger partial charge is 0.496 e. The van der Waals surface area contributed by atoms with Gasteiger partial charge in [0.05, 0.1) is 12.8 Å². The van der Waals surface area contributed by atoms with Crippen molar-refractivity contribution in [2.24, 2.45) is 0 Å². The van der Waals surface area contributed by atoms with E-state index in [-0.39, 0.29) is 0 Å². The van der Waals surface area contributed by atoms with E-state index < -0.39 is 0 Å². The van der Waals surface area contributed by atoms with Gasteiger partial charge in [0, 0.05) is 11.8 Å². The summed E-state index contributed by atoms with van der Waals surface area (Å²) in [7, 11) is 1.71. The summed E-state index contributed by atoms with van der Waals surface area (Å²) >= 11 is 5.05. The van der Waals surface area contributed by atoms with Crippen molar-refractivity contribution in [3.63, 3.8) is 0 Å². The average molecular weight is 248 g/mol. The summed E-state index contributed by atoms with van der Waals surface area (Å²) in [6.07, 6.45) is 1.90. The number of aromatic amines is 2. The topological polar surface area (TPSA) is 40.8 Å². The van der Waals surface area contributed by atoms with Crippen molar-refractivity contribution < 1.29 is 4.74 Å². The van der Waals surface area contributed by atoms with Crippen LogP contribution in [0.4, 0.5) is 0 Å². The zero-order valence-corrected chi connectivity index (χ0v) is 11.3. The Balaban J connectivity index is 2.68. The standard InChI is InChI=1S/C13H16N2OS/c1-7-5-10(11-6-14-13(17)15-11)8(2)9(3)12(7)16-4/h5-6H,1-4H3,(H2,14,15,17). The SMILES string of the molecule is COc1c(C)cc(-c2c[nH]c(=S)[nH]2)c(C)c1C. The van der Waals surface area contributed by atoms with E-state index in [1.807, 2.05) is 6.20 Å². The summed E-state index contributed by atoms with van der Waals surface area (Å²) in [6.45, 7) is 6.22. The monoisotopic (exact) mass is 248 g/mol. The molecule has 3 nitrogen and oxygen atoms in total. The lowest BCUT2D eigenvalue weighted by Gasteiger charge is -2.14. The van der Waals surface area contributed by atoms with Crippen molar-refractivity contribution in [1.29, 1.82) is 0 Å². The molecule has 0 aliphatic rings. The smallest absolute Gasteiger partial charge is 0.174 e. The lowest BCUT2D eigenvalue weighted by molar-refractivity contribution is 0.408. The summed E-state index contributed by atoms with van der Waals surface area (Å²) in [5.41, 5.74) is 5.68. The zero-order chi connectivity index (χ0) is 12.6. The van der Waals surface area contributed by atoms with Crippen LogP contribution in [0.15, 0.2) is 12.3 Å². The van der Waals surface area contributed by atoms with Crippen molar-refractivity contribution >= 4 is 12.2 Å². The van der Waals surface area contributed by atoms with E-state index in [4.69, 9.17) is 17.0 Å². The van der Waals surface area contributed by atoms with Crippen LogP contribution in [0.3, 0.4) is 0 Å². The molecule has 0 saturated heterocycles. The van der Waals surface area contributed by atoms with Gasteiger partial charge in [0.2, 0.25) is 0 Å². The first-order valence-corrected chi connectivity index (χ1v) is 5.88. The Hall–Kier alpha value is -1.55. The fraction of sp³-hybridized carbons (Fsp3) is 0.308. The van der Waals surface area contributed by atoms with Gasteiger partial charge in [-0.2, -0.15) is 0 Å². The summed E-state index contributed by atoms with van der Waals surface area (Å²) in [5, 5.41) is 0. The number of hydrogen-bond donors (Lipinski definition) is 2. The number of H-pyrrole nitrogens is 2. The van der Waals surface area contributed by atoms with Crippen LogP contribution in [0.5, 0.6) is 5.75 Å². The minimum atomic E-state index is 0.644. The third-order valence-corrected chi connectivity index (χ3v) is 3.34. The van der Waals surface area contributed by atoms with E-state index in [0.29, 0.717) is 4.77 Å². The first kappa shape index (κ1) is 11.9. The third-order valence-electron chi connectivity index (χ3n) is 3.12. The van der Waals surface area contributed by atoms with E-state index in [2.05, 4.69) is 36.8 Å². The van der Waals surface area contributed by atoms with Crippen LogP contribution >= 0.6 is 12.2 Å². The van der Waals surface area contributed by atoms with Crippen LogP contribution in [0.2, 0.25) is 0 Å². The zero-order valence-electron chi connectivity index (χ0n) is 10.5. The molecule has 0 unspecified atom stereocenters. The highest BCUT2D eigenvalue weighted by molar-refractivity contribution is 7.71. The molecule has 0 bridgehead atoms. The van der Waals surface area contributed by atoms with Gasteiger partial charge in [0.1, 0.15) is 5.75 Å². The summed E-state index contributed by atoms with van der Waals surface area (Å²) in [5.74, 6) is 0.959.